The lowest BCUT2D eigenvalue weighted by atomic mass is 10.1. The smallest absolute Gasteiger partial charge is 0.237 e. The van der Waals surface area contributed by atoms with Crippen LogP contribution in [0.4, 0.5) is 5.69 Å². The molecule has 2 heterocycles. The standard InChI is InChI=1S/C26H22N4O4S/c1-16(31)18-8-11-20(12-9-18)27-25(32)17(2)35-26-29-28-24(30(26)21-6-4-3-5-7-21)19-10-13-22-23(14-19)34-15-33-22/h3-14,17H,15H2,1-2H3,(H,27,32)/t17-/m1/s1. The van der Waals surface area contributed by atoms with Crippen LogP contribution >= 0.6 is 11.8 Å². The number of ether oxygens (including phenoxy) is 2. The largest absolute Gasteiger partial charge is 0.454 e. The van der Waals surface area contributed by atoms with Gasteiger partial charge in [0.05, 0.1) is 5.25 Å². The SMILES string of the molecule is CC(=O)c1ccc(NC(=O)[C@@H](C)Sc2nnc(-c3ccc4c(c3)OCO4)n2-c2ccccc2)cc1. The van der Waals surface area contributed by atoms with Gasteiger partial charge in [-0.25, -0.2) is 0 Å². The maximum Gasteiger partial charge on any atom is 0.237 e. The van der Waals surface area contributed by atoms with Crippen molar-refractivity contribution in [3.8, 4) is 28.6 Å². The van der Waals surface area contributed by atoms with Crippen molar-refractivity contribution in [1.82, 2.24) is 14.8 Å². The predicted molar refractivity (Wildman–Crippen MR) is 133 cm³/mol. The van der Waals surface area contributed by atoms with E-state index in [1.54, 1.807) is 24.3 Å². The average Bonchev–Trinajstić information content (AvgIpc) is 3.51. The highest BCUT2D eigenvalue weighted by Crippen LogP contribution is 2.37. The van der Waals surface area contributed by atoms with Crippen LogP contribution < -0.4 is 14.8 Å². The molecule has 0 aliphatic carbocycles. The zero-order valence-corrected chi connectivity index (χ0v) is 19.9. The fourth-order valence-electron chi connectivity index (χ4n) is 3.62. The van der Waals surface area contributed by atoms with E-state index in [2.05, 4.69) is 15.5 Å². The number of para-hydroxylation sites is 1. The number of fused-ring (bicyclic) bond motifs is 1. The highest BCUT2D eigenvalue weighted by molar-refractivity contribution is 8.00. The second-order valence-corrected chi connectivity index (χ2v) is 9.24. The first-order chi connectivity index (χ1) is 17.0. The van der Waals surface area contributed by atoms with Crippen molar-refractivity contribution in [2.45, 2.75) is 24.3 Å². The van der Waals surface area contributed by atoms with E-state index in [4.69, 9.17) is 9.47 Å². The van der Waals surface area contributed by atoms with E-state index in [0.29, 0.717) is 33.7 Å². The summed E-state index contributed by atoms with van der Waals surface area (Å²) in [7, 11) is 0. The second kappa shape index (κ2) is 9.63. The van der Waals surface area contributed by atoms with Crippen LogP contribution in [0.3, 0.4) is 0 Å². The van der Waals surface area contributed by atoms with Crippen LogP contribution in [-0.2, 0) is 4.79 Å². The van der Waals surface area contributed by atoms with E-state index in [-0.39, 0.29) is 18.5 Å². The lowest BCUT2D eigenvalue weighted by molar-refractivity contribution is -0.115. The summed E-state index contributed by atoms with van der Waals surface area (Å²) < 4.78 is 12.9. The monoisotopic (exact) mass is 486 g/mol. The number of hydrogen-bond acceptors (Lipinski definition) is 7. The zero-order valence-electron chi connectivity index (χ0n) is 19.1. The first-order valence-corrected chi connectivity index (χ1v) is 11.9. The maximum atomic E-state index is 12.9. The summed E-state index contributed by atoms with van der Waals surface area (Å²) in [6.45, 7) is 3.51. The van der Waals surface area contributed by atoms with Gasteiger partial charge in [0, 0.05) is 22.5 Å². The molecule has 176 valence electrons. The van der Waals surface area contributed by atoms with Gasteiger partial charge in [0.15, 0.2) is 28.3 Å². The molecule has 1 amide bonds. The van der Waals surface area contributed by atoms with Gasteiger partial charge in [-0.15, -0.1) is 10.2 Å². The third-order valence-electron chi connectivity index (χ3n) is 5.49. The third-order valence-corrected chi connectivity index (χ3v) is 6.53. The molecule has 0 saturated carbocycles. The van der Waals surface area contributed by atoms with Crippen LogP contribution in [-0.4, -0.2) is 38.5 Å². The molecule has 0 spiro atoms. The summed E-state index contributed by atoms with van der Waals surface area (Å²) in [4.78, 5) is 24.4. The quantitative estimate of drug-likeness (QED) is 0.291. The molecule has 1 atom stereocenters. The van der Waals surface area contributed by atoms with E-state index in [1.807, 2.05) is 60.0 Å². The number of amides is 1. The van der Waals surface area contributed by atoms with Gasteiger partial charge < -0.3 is 14.8 Å². The van der Waals surface area contributed by atoms with E-state index < -0.39 is 5.25 Å². The number of carbonyl (C=O) groups is 2. The summed E-state index contributed by atoms with van der Waals surface area (Å²) in [6.07, 6.45) is 0. The average molecular weight is 487 g/mol. The van der Waals surface area contributed by atoms with Crippen molar-refractivity contribution in [1.29, 1.82) is 0 Å². The highest BCUT2D eigenvalue weighted by atomic mass is 32.2. The van der Waals surface area contributed by atoms with Crippen LogP contribution in [0.5, 0.6) is 11.5 Å². The number of benzene rings is 3. The molecule has 0 fully saturated rings. The molecule has 0 saturated heterocycles. The normalized spacial score (nSPS) is 12.9. The molecule has 1 aromatic heterocycles. The summed E-state index contributed by atoms with van der Waals surface area (Å²) in [5.41, 5.74) is 2.91. The minimum atomic E-state index is -0.459. The van der Waals surface area contributed by atoms with Gasteiger partial charge in [-0.05, 0) is 68.4 Å². The Balaban J connectivity index is 1.41. The molecule has 35 heavy (non-hydrogen) atoms. The Morgan fingerprint density at radius 3 is 2.46 bits per heavy atom. The van der Waals surface area contributed by atoms with E-state index in [1.165, 1.54) is 18.7 Å². The summed E-state index contributed by atoms with van der Waals surface area (Å²) in [5, 5.41) is 11.9. The molecule has 8 nitrogen and oxygen atoms in total. The van der Waals surface area contributed by atoms with Gasteiger partial charge in [-0.1, -0.05) is 30.0 Å². The number of Topliss-reactive ketones (excluding diaryl/α,β-unsaturated/α-hetero) is 1. The molecule has 9 heteroatoms. The molecule has 1 aliphatic rings. The summed E-state index contributed by atoms with van der Waals surface area (Å²) in [5.74, 6) is 1.77. The van der Waals surface area contributed by atoms with Gasteiger partial charge in [0.25, 0.3) is 0 Å². The topological polar surface area (TPSA) is 95.3 Å². The number of ketones is 1. The molecule has 0 bridgehead atoms. The Bertz CT molecular complexity index is 1390. The molecule has 5 rings (SSSR count). The Kier molecular flexibility index (Phi) is 6.24. The number of aromatic nitrogens is 3. The first kappa shape index (κ1) is 22.7. The van der Waals surface area contributed by atoms with Crippen LogP contribution in [0, 0.1) is 0 Å². The maximum absolute atomic E-state index is 12.9. The van der Waals surface area contributed by atoms with Gasteiger partial charge in [-0.3, -0.25) is 14.2 Å². The van der Waals surface area contributed by atoms with Gasteiger partial charge in [-0.2, -0.15) is 0 Å². The van der Waals surface area contributed by atoms with Gasteiger partial charge in [0.1, 0.15) is 0 Å². The van der Waals surface area contributed by atoms with Crippen molar-refractivity contribution in [2.75, 3.05) is 12.1 Å². The van der Waals surface area contributed by atoms with E-state index >= 15 is 0 Å². The highest BCUT2D eigenvalue weighted by Gasteiger charge is 2.23. The molecular weight excluding hydrogens is 464 g/mol. The third kappa shape index (κ3) is 4.76. The van der Waals surface area contributed by atoms with Crippen LogP contribution in [0.2, 0.25) is 0 Å². The number of anilines is 1. The Morgan fingerprint density at radius 1 is 0.971 bits per heavy atom. The van der Waals surface area contributed by atoms with Crippen molar-refractivity contribution in [3.05, 3.63) is 78.4 Å². The zero-order chi connectivity index (χ0) is 24.4. The molecule has 1 N–H and O–H groups in total. The number of nitrogens with zero attached hydrogens (tertiary/aromatic N) is 3. The molecule has 4 aromatic rings. The van der Waals surface area contributed by atoms with E-state index in [0.717, 1.165) is 11.3 Å². The number of rotatable bonds is 7. The second-order valence-electron chi connectivity index (χ2n) is 7.93. The number of thioether (sulfide) groups is 1. The van der Waals surface area contributed by atoms with E-state index in [9.17, 15) is 9.59 Å². The molecule has 3 aromatic carbocycles. The Morgan fingerprint density at radius 2 is 1.71 bits per heavy atom. The predicted octanol–water partition coefficient (Wildman–Crippen LogP) is 4.98. The lowest BCUT2D eigenvalue weighted by Gasteiger charge is -2.14. The Labute approximate surface area is 206 Å². The van der Waals surface area contributed by atoms with Crippen molar-refractivity contribution in [2.24, 2.45) is 0 Å². The number of carbonyl (C=O) groups excluding carboxylic acids is 2. The number of hydrogen-bond donors (Lipinski definition) is 1. The molecule has 1 aliphatic heterocycles. The van der Waals surface area contributed by atoms with Crippen LogP contribution in [0.1, 0.15) is 24.2 Å². The molecule has 0 radical (unpaired) electrons. The minimum absolute atomic E-state index is 0.0229. The number of nitrogens with one attached hydrogen (secondary N) is 1. The first-order valence-electron chi connectivity index (χ1n) is 11.0. The molecule has 0 unspecified atom stereocenters. The summed E-state index contributed by atoms with van der Waals surface area (Å²) >= 11 is 1.31. The van der Waals surface area contributed by atoms with Crippen LogP contribution in [0.25, 0.3) is 17.1 Å². The Hall–Kier alpha value is -4.11. The summed E-state index contributed by atoms with van der Waals surface area (Å²) in [6, 6.07) is 22.2. The fourth-order valence-corrected chi connectivity index (χ4v) is 4.49. The fraction of sp³-hybridized carbons (Fsp3) is 0.154. The van der Waals surface area contributed by atoms with Crippen molar-refractivity contribution < 1.29 is 19.1 Å². The minimum Gasteiger partial charge on any atom is -0.454 e. The van der Waals surface area contributed by atoms with Crippen molar-refractivity contribution in [3.63, 3.8) is 0 Å². The van der Waals surface area contributed by atoms with Gasteiger partial charge in [0.2, 0.25) is 12.7 Å². The molecular formula is C26H22N4O4S. The van der Waals surface area contributed by atoms with Gasteiger partial charge >= 0.3 is 0 Å². The van der Waals surface area contributed by atoms with Crippen molar-refractivity contribution >= 4 is 29.1 Å². The lowest BCUT2D eigenvalue weighted by Crippen LogP contribution is -2.23. The van der Waals surface area contributed by atoms with Crippen LogP contribution in [0.15, 0.2) is 78.0 Å².